The summed E-state index contributed by atoms with van der Waals surface area (Å²) < 4.78 is 5.04. The summed E-state index contributed by atoms with van der Waals surface area (Å²) in [6, 6.07) is 4.95. The minimum Gasteiger partial charge on any atom is -0.449 e. The fourth-order valence-corrected chi connectivity index (χ4v) is 3.35. The predicted octanol–water partition coefficient (Wildman–Crippen LogP) is 2.17. The summed E-state index contributed by atoms with van der Waals surface area (Å²) in [4.78, 5) is 35.5. The lowest BCUT2D eigenvalue weighted by Gasteiger charge is -2.19. The van der Waals surface area contributed by atoms with E-state index in [-0.39, 0.29) is 18.2 Å². The highest BCUT2D eigenvalue weighted by Crippen LogP contribution is 2.16. The molecule has 1 unspecified atom stereocenters. The van der Waals surface area contributed by atoms with Crippen molar-refractivity contribution < 1.29 is 19.2 Å². The summed E-state index contributed by atoms with van der Waals surface area (Å²) in [6.07, 6.45) is 1.20. The SMILES string of the molecule is NC(CCCCOC(=O)Nc1ccc([N+](=O)[O-])cc1)C(=O)N1CCSC1. The molecule has 1 aliphatic heterocycles. The first-order chi connectivity index (χ1) is 12.5. The number of ether oxygens (including phenoxy) is 1. The van der Waals surface area contributed by atoms with Gasteiger partial charge in [0.25, 0.3) is 5.69 Å². The van der Waals surface area contributed by atoms with E-state index in [1.54, 1.807) is 16.7 Å². The second-order valence-electron chi connectivity index (χ2n) is 5.81. The molecule has 0 spiro atoms. The number of nitro benzene ring substituents is 1. The maximum atomic E-state index is 12.0. The zero-order valence-electron chi connectivity index (χ0n) is 14.3. The zero-order chi connectivity index (χ0) is 18.9. The van der Waals surface area contributed by atoms with E-state index in [4.69, 9.17) is 10.5 Å². The van der Waals surface area contributed by atoms with Gasteiger partial charge in [-0.3, -0.25) is 20.2 Å². The molecule has 1 aromatic carbocycles. The molecule has 10 heteroatoms. The van der Waals surface area contributed by atoms with Gasteiger partial charge >= 0.3 is 6.09 Å². The first-order valence-corrected chi connectivity index (χ1v) is 9.43. The number of nitrogens with zero attached hydrogens (tertiary/aromatic N) is 2. The van der Waals surface area contributed by atoms with Crippen molar-refractivity contribution in [2.75, 3.05) is 30.1 Å². The Morgan fingerprint density at radius 2 is 2.08 bits per heavy atom. The molecule has 0 bridgehead atoms. The molecule has 2 rings (SSSR count). The first-order valence-electron chi connectivity index (χ1n) is 8.27. The maximum absolute atomic E-state index is 12.0. The molecule has 1 saturated heterocycles. The molecule has 0 aliphatic carbocycles. The Kier molecular flexibility index (Phi) is 7.67. The average Bonchev–Trinajstić information content (AvgIpc) is 3.15. The molecule has 1 heterocycles. The largest absolute Gasteiger partial charge is 0.449 e. The fraction of sp³-hybridized carbons (Fsp3) is 0.500. The van der Waals surface area contributed by atoms with Crippen LogP contribution in [0.15, 0.2) is 24.3 Å². The van der Waals surface area contributed by atoms with Crippen molar-refractivity contribution in [2.24, 2.45) is 5.73 Å². The number of benzene rings is 1. The molecule has 3 N–H and O–H groups in total. The maximum Gasteiger partial charge on any atom is 0.411 e. The van der Waals surface area contributed by atoms with Gasteiger partial charge in [-0.25, -0.2) is 4.79 Å². The molecule has 1 aliphatic rings. The summed E-state index contributed by atoms with van der Waals surface area (Å²) in [5.74, 6) is 1.64. The summed E-state index contributed by atoms with van der Waals surface area (Å²) in [7, 11) is 0. The number of amides is 2. The molecule has 26 heavy (non-hydrogen) atoms. The summed E-state index contributed by atoms with van der Waals surface area (Å²) in [6.45, 7) is 0.961. The van der Waals surface area contributed by atoms with Gasteiger partial charge in [0.15, 0.2) is 0 Å². The van der Waals surface area contributed by atoms with Crippen LogP contribution in [0.25, 0.3) is 0 Å². The van der Waals surface area contributed by atoms with Gasteiger partial charge in [-0.1, -0.05) is 0 Å². The molecule has 1 fully saturated rings. The van der Waals surface area contributed by atoms with Crippen molar-refractivity contribution in [1.82, 2.24) is 4.90 Å². The lowest BCUT2D eigenvalue weighted by atomic mass is 10.1. The van der Waals surface area contributed by atoms with Crippen LogP contribution in [0.4, 0.5) is 16.2 Å². The molecule has 0 radical (unpaired) electrons. The van der Waals surface area contributed by atoms with Crippen molar-refractivity contribution in [2.45, 2.75) is 25.3 Å². The fourth-order valence-electron chi connectivity index (χ4n) is 2.40. The number of rotatable bonds is 8. The number of hydrogen-bond acceptors (Lipinski definition) is 7. The number of thioether (sulfide) groups is 1. The second-order valence-corrected chi connectivity index (χ2v) is 6.88. The minimum atomic E-state index is -0.631. The number of non-ortho nitro benzene ring substituents is 1. The van der Waals surface area contributed by atoms with Crippen LogP contribution in [0.2, 0.25) is 0 Å². The van der Waals surface area contributed by atoms with Crippen molar-refractivity contribution in [1.29, 1.82) is 0 Å². The van der Waals surface area contributed by atoms with Crippen LogP contribution in [-0.4, -0.2) is 52.6 Å². The van der Waals surface area contributed by atoms with Crippen LogP contribution in [0, 0.1) is 10.1 Å². The number of nitrogens with two attached hydrogens (primary N) is 1. The van der Waals surface area contributed by atoms with E-state index in [1.165, 1.54) is 24.3 Å². The molecule has 1 atom stereocenters. The normalized spacial score (nSPS) is 14.7. The van der Waals surface area contributed by atoms with E-state index in [0.717, 1.165) is 12.3 Å². The molecular formula is C16H22N4O5S. The number of anilines is 1. The number of unbranched alkanes of at least 4 members (excludes halogenated alkanes) is 1. The van der Waals surface area contributed by atoms with Crippen LogP contribution in [0.3, 0.4) is 0 Å². The minimum absolute atomic E-state index is 0.0215. The van der Waals surface area contributed by atoms with Crippen LogP contribution in [-0.2, 0) is 9.53 Å². The number of nitro groups is 1. The average molecular weight is 382 g/mol. The number of nitrogens with one attached hydrogen (secondary N) is 1. The predicted molar refractivity (Wildman–Crippen MR) is 98.9 cm³/mol. The second kappa shape index (κ2) is 9.97. The Labute approximate surface area is 155 Å². The third-order valence-corrected chi connectivity index (χ3v) is 4.81. The highest BCUT2D eigenvalue weighted by atomic mass is 32.2. The van der Waals surface area contributed by atoms with E-state index >= 15 is 0 Å². The van der Waals surface area contributed by atoms with Crippen LogP contribution >= 0.6 is 11.8 Å². The van der Waals surface area contributed by atoms with Crippen LogP contribution in [0.1, 0.15) is 19.3 Å². The number of carbonyl (C=O) groups is 2. The van der Waals surface area contributed by atoms with E-state index in [0.29, 0.717) is 30.8 Å². The molecule has 0 aromatic heterocycles. The Morgan fingerprint density at radius 1 is 1.35 bits per heavy atom. The lowest BCUT2D eigenvalue weighted by Crippen LogP contribution is -2.42. The van der Waals surface area contributed by atoms with Gasteiger partial charge in [-0.15, -0.1) is 11.8 Å². The Hall–Kier alpha value is -2.33. The van der Waals surface area contributed by atoms with Gasteiger partial charge < -0.3 is 15.4 Å². The number of hydrogen-bond donors (Lipinski definition) is 2. The third kappa shape index (κ3) is 6.19. The van der Waals surface area contributed by atoms with E-state index in [1.807, 2.05) is 0 Å². The molecule has 2 amide bonds. The highest BCUT2D eigenvalue weighted by Gasteiger charge is 2.23. The van der Waals surface area contributed by atoms with E-state index in [2.05, 4.69) is 5.32 Å². The van der Waals surface area contributed by atoms with Gasteiger partial charge in [0.05, 0.1) is 23.4 Å². The van der Waals surface area contributed by atoms with Gasteiger partial charge in [-0.2, -0.15) is 0 Å². The quantitative estimate of drug-likeness (QED) is 0.400. The monoisotopic (exact) mass is 382 g/mol. The van der Waals surface area contributed by atoms with E-state index in [9.17, 15) is 19.7 Å². The molecule has 9 nitrogen and oxygen atoms in total. The Balaban J connectivity index is 1.59. The van der Waals surface area contributed by atoms with Crippen LogP contribution < -0.4 is 11.1 Å². The molecule has 142 valence electrons. The standard InChI is InChI=1S/C16H22N4O5S/c17-14(15(21)19-8-10-26-11-19)3-1-2-9-25-16(22)18-12-4-6-13(7-5-12)20(23)24/h4-7,14H,1-3,8-11,17H2,(H,18,22). The Bertz CT molecular complexity index is 634. The van der Waals surface area contributed by atoms with E-state index < -0.39 is 17.1 Å². The topological polar surface area (TPSA) is 128 Å². The summed E-state index contributed by atoms with van der Waals surface area (Å²) in [5.41, 5.74) is 6.27. The van der Waals surface area contributed by atoms with Gasteiger partial charge in [-0.05, 0) is 31.4 Å². The first kappa shape index (κ1) is 20.0. The zero-order valence-corrected chi connectivity index (χ0v) is 15.1. The summed E-state index contributed by atoms with van der Waals surface area (Å²) in [5, 5.41) is 13.1. The molecule has 1 aromatic rings. The van der Waals surface area contributed by atoms with Gasteiger partial charge in [0.2, 0.25) is 5.91 Å². The van der Waals surface area contributed by atoms with Crippen molar-refractivity contribution in [3.63, 3.8) is 0 Å². The van der Waals surface area contributed by atoms with Crippen molar-refractivity contribution in [3.05, 3.63) is 34.4 Å². The van der Waals surface area contributed by atoms with Crippen molar-refractivity contribution >= 4 is 35.1 Å². The molecular weight excluding hydrogens is 360 g/mol. The van der Waals surface area contributed by atoms with Gasteiger partial charge in [0, 0.05) is 30.1 Å². The highest BCUT2D eigenvalue weighted by molar-refractivity contribution is 7.99. The molecule has 0 saturated carbocycles. The lowest BCUT2D eigenvalue weighted by molar-refractivity contribution is -0.384. The van der Waals surface area contributed by atoms with Crippen LogP contribution in [0.5, 0.6) is 0 Å². The smallest absolute Gasteiger partial charge is 0.411 e. The van der Waals surface area contributed by atoms with Gasteiger partial charge in [0.1, 0.15) is 0 Å². The third-order valence-electron chi connectivity index (χ3n) is 3.85. The van der Waals surface area contributed by atoms with Crippen molar-refractivity contribution in [3.8, 4) is 0 Å². The Morgan fingerprint density at radius 3 is 2.69 bits per heavy atom. The summed E-state index contributed by atoms with van der Waals surface area (Å²) >= 11 is 1.72. The number of carbonyl (C=O) groups excluding carboxylic acids is 2.